The lowest BCUT2D eigenvalue weighted by atomic mass is 10.1. The first-order chi connectivity index (χ1) is 10.2. The molecule has 6 heteroatoms. The van der Waals surface area contributed by atoms with Crippen molar-refractivity contribution in [2.24, 2.45) is 0 Å². The molecule has 0 radical (unpaired) electrons. The van der Waals surface area contributed by atoms with Crippen molar-refractivity contribution in [2.45, 2.75) is 13.3 Å². The smallest absolute Gasteiger partial charge is 0.292 e. The van der Waals surface area contributed by atoms with Gasteiger partial charge in [-0.05, 0) is 24.1 Å². The zero-order chi connectivity index (χ0) is 14.4. The predicted molar refractivity (Wildman–Crippen MR) is 79.8 cm³/mol. The summed E-state index contributed by atoms with van der Waals surface area (Å²) in [4.78, 5) is 12.8. The van der Waals surface area contributed by atoms with Crippen LogP contribution >= 0.6 is 0 Å². The molecule has 0 aliphatic carbocycles. The Labute approximate surface area is 120 Å². The standard InChI is InChI=1S/C15H13N5O/c1-2-11-7-18-15-17-6-10(8-20(11)15)9-3-4-13-12(5-9)19-14(16)21-13/h3-8H,2H2,1H3,(H2,16,19). The minimum atomic E-state index is 0.179. The number of hydrogen-bond acceptors (Lipinski definition) is 5. The number of hydrogen-bond donors (Lipinski definition) is 1. The van der Waals surface area contributed by atoms with Crippen molar-refractivity contribution in [1.82, 2.24) is 19.4 Å². The fourth-order valence-electron chi connectivity index (χ4n) is 2.46. The van der Waals surface area contributed by atoms with Crippen LogP contribution in [0.1, 0.15) is 12.6 Å². The molecule has 0 aliphatic rings. The second-order valence-corrected chi connectivity index (χ2v) is 4.85. The summed E-state index contributed by atoms with van der Waals surface area (Å²) in [5, 5.41) is 0. The van der Waals surface area contributed by atoms with Crippen LogP contribution in [-0.2, 0) is 6.42 Å². The number of fused-ring (bicyclic) bond motifs is 2. The summed E-state index contributed by atoms with van der Waals surface area (Å²) >= 11 is 0. The molecule has 0 saturated carbocycles. The van der Waals surface area contributed by atoms with E-state index in [2.05, 4.69) is 21.9 Å². The summed E-state index contributed by atoms with van der Waals surface area (Å²) in [6.07, 6.45) is 6.62. The topological polar surface area (TPSA) is 82.2 Å². The Morgan fingerprint density at radius 1 is 1.19 bits per heavy atom. The van der Waals surface area contributed by atoms with E-state index in [4.69, 9.17) is 10.2 Å². The van der Waals surface area contributed by atoms with Crippen molar-refractivity contribution in [1.29, 1.82) is 0 Å². The van der Waals surface area contributed by atoms with E-state index in [1.165, 1.54) is 0 Å². The van der Waals surface area contributed by atoms with Gasteiger partial charge in [0.1, 0.15) is 5.52 Å². The van der Waals surface area contributed by atoms with Crippen LogP contribution in [0.15, 0.2) is 41.2 Å². The van der Waals surface area contributed by atoms with E-state index < -0.39 is 0 Å². The molecule has 4 rings (SSSR count). The SMILES string of the molecule is CCc1cnc2ncc(-c3ccc4oc(N)nc4c3)cn12. The van der Waals surface area contributed by atoms with Gasteiger partial charge < -0.3 is 10.2 Å². The fraction of sp³-hybridized carbons (Fsp3) is 0.133. The van der Waals surface area contributed by atoms with Crippen molar-refractivity contribution in [3.05, 3.63) is 42.5 Å². The summed E-state index contributed by atoms with van der Waals surface area (Å²) in [7, 11) is 0. The second kappa shape index (κ2) is 4.31. The fourth-order valence-corrected chi connectivity index (χ4v) is 2.46. The quantitative estimate of drug-likeness (QED) is 0.610. The van der Waals surface area contributed by atoms with Crippen LogP contribution in [0.3, 0.4) is 0 Å². The van der Waals surface area contributed by atoms with E-state index >= 15 is 0 Å². The molecule has 0 saturated heterocycles. The highest BCUT2D eigenvalue weighted by molar-refractivity contribution is 5.81. The highest BCUT2D eigenvalue weighted by Gasteiger charge is 2.08. The first kappa shape index (κ1) is 11.9. The Morgan fingerprint density at radius 3 is 2.90 bits per heavy atom. The highest BCUT2D eigenvalue weighted by atomic mass is 16.4. The molecule has 104 valence electrons. The normalized spacial score (nSPS) is 11.5. The van der Waals surface area contributed by atoms with E-state index in [0.717, 1.165) is 28.8 Å². The third-order valence-corrected chi connectivity index (χ3v) is 3.54. The number of nitrogens with two attached hydrogens (primary N) is 1. The molecule has 0 spiro atoms. The summed E-state index contributed by atoms with van der Waals surface area (Å²) in [5.74, 6) is 0.711. The molecule has 0 fully saturated rings. The molecular weight excluding hydrogens is 266 g/mol. The lowest BCUT2D eigenvalue weighted by molar-refractivity contribution is 0.626. The number of nitrogens with zero attached hydrogens (tertiary/aromatic N) is 4. The molecule has 2 N–H and O–H groups in total. The molecule has 21 heavy (non-hydrogen) atoms. The van der Waals surface area contributed by atoms with Gasteiger partial charge in [-0.15, -0.1) is 0 Å². The van der Waals surface area contributed by atoms with Crippen molar-refractivity contribution >= 4 is 22.9 Å². The Balaban J connectivity index is 1.90. The molecular formula is C15H13N5O. The molecule has 0 unspecified atom stereocenters. The number of rotatable bonds is 2. The molecule has 0 aliphatic heterocycles. The van der Waals surface area contributed by atoms with Gasteiger partial charge in [-0.1, -0.05) is 13.0 Å². The third kappa shape index (κ3) is 1.84. The molecule has 0 bridgehead atoms. The largest absolute Gasteiger partial charge is 0.424 e. The van der Waals surface area contributed by atoms with Gasteiger partial charge in [0.15, 0.2) is 5.58 Å². The van der Waals surface area contributed by atoms with Gasteiger partial charge in [-0.25, -0.2) is 9.97 Å². The number of nitrogen functional groups attached to an aromatic ring is 1. The lowest BCUT2D eigenvalue weighted by Crippen LogP contribution is -1.94. The summed E-state index contributed by atoms with van der Waals surface area (Å²) in [6.45, 7) is 2.10. The number of aryl methyl sites for hydroxylation is 1. The van der Waals surface area contributed by atoms with Gasteiger partial charge in [0.05, 0.1) is 6.20 Å². The van der Waals surface area contributed by atoms with Gasteiger partial charge in [0.2, 0.25) is 5.78 Å². The zero-order valence-corrected chi connectivity index (χ0v) is 11.4. The molecule has 3 aromatic heterocycles. The summed E-state index contributed by atoms with van der Waals surface area (Å²) < 4.78 is 7.30. The predicted octanol–water partition coefficient (Wildman–Crippen LogP) is 2.68. The maximum absolute atomic E-state index is 5.58. The summed E-state index contributed by atoms with van der Waals surface area (Å²) in [5.41, 5.74) is 10.1. The Kier molecular flexibility index (Phi) is 2.44. The summed E-state index contributed by atoms with van der Waals surface area (Å²) in [6, 6.07) is 5.96. The first-order valence-corrected chi connectivity index (χ1v) is 6.73. The highest BCUT2D eigenvalue weighted by Crippen LogP contribution is 2.25. The maximum Gasteiger partial charge on any atom is 0.292 e. The Hall–Kier alpha value is -2.89. The molecule has 1 aromatic carbocycles. The van der Waals surface area contributed by atoms with Crippen LogP contribution in [0.25, 0.3) is 28.0 Å². The molecule has 3 heterocycles. The van der Waals surface area contributed by atoms with Gasteiger partial charge in [-0.3, -0.25) is 4.40 Å². The van der Waals surface area contributed by atoms with Crippen LogP contribution < -0.4 is 5.73 Å². The van der Waals surface area contributed by atoms with Crippen LogP contribution in [0.4, 0.5) is 6.01 Å². The van der Waals surface area contributed by atoms with E-state index in [9.17, 15) is 0 Å². The zero-order valence-electron chi connectivity index (χ0n) is 11.4. The van der Waals surface area contributed by atoms with Gasteiger partial charge in [0, 0.05) is 23.7 Å². The Morgan fingerprint density at radius 2 is 2.05 bits per heavy atom. The van der Waals surface area contributed by atoms with E-state index in [0.29, 0.717) is 11.4 Å². The third-order valence-electron chi connectivity index (χ3n) is 3.54. The van der Waals surface area contributed by atoms with Gasteiger partial charge in [-0.2, -0.15) is 4.98 Å². The van der Waals surface area contributed by atoms with Gasteiger partial charge in [0.25, 0.3) is 6.01 Å². The van der Waals surface area contributed by atoms with Crippen molar-refractivity contribution in [3.8, 4) is 11.1 Å². The molecule has 0 amide bonds. The number of aromatic nitrogens is 4. The average molecular weight is 279 g/mol. The minimum absolute atomic E-state index is 0.179. The van der Waals surface area contributed by atoms with Crippen LogP contribution in [-0.4, -0.2) is 19.4 Å². The molecule has 0 atom stereocenters. The number of oxazole rings is 1. The van der Waals surface area contributed by atoms with Crippen molar-refractivity contribution in [3.63, 3.8) is 0 Å². The van der Waals surface area contributed by atoms with Gasteiger partial charge >= 0.3 is 0 Å². The maximum atomic E-state index is 5.58. The second-order valence-electron chi connectivity index (χ2n) is 4.85. The van der Waals surface area contributed by atoms with Crippen LogP contribution in [0, 0.1) is 0 Å². The monoisotopic (exact) mass is 279 g/mol. The molecule has 4 aromatic rings. The van der Waals surface area contributed by atoms with Crippen LogP contribution in [0.5, 0.6) is 0 Å². The molecule has 6 nitrogen and oxygen atoms in total. The number of imidazole rings is 1. The van der Waals surface area contributed by atoms with Crippen molar-refractivity contribution in [2.75, 3.05) is 5.73 Å². The number of benzene rings is 1. The lowest BCUT2D eigenvalue weighted by Gasteiger charge is -2.03. The average Bonchev–Trinajstić information content (AvgIpc) is 3.07. The van der Waals surface area contributed by atoms with E-state index in [1.54, 1.807) is 0 Å². The first-order valence-electron chi connectivity index (χ1n) is 6.73. The Bertz CT molecular complexity index is 953. The van der Waals surface area contributed by atoms with E-state index in [-0.39, 0.29) is 6.01 Å². The van der Waals surface area contributed by atoms with E-state index in [1.807, 2.05) is 41.2 Å². The number of anilines is 1. The minimum Gasteiger partial charge on any atom is -0.424 e. The van der Waals surface area contributed by atoms with Crippen molar-refractivity contribution < 1.29 is 4.42 Å². The van der Waals surface area contributed by atoms with Crippen LogP contribution in [0.2, 0.25) is 0 Å².